The first-order valence-electron chi connectivity index (χ1n) is 8.08. The molecule has 2 heterocycles. The van der Waals surface area contributed by atoms with Gasteiger partial charge in [-0.1, -0.05) is 49.0 Å². The van der Waals surface area contributed by atoms with E-state index in [2.05, 4.69) is 34.7 Å². The molecule has 4 rings (SSSR count). The number of anilines is 1. The molecule has 0 radical (unpaired) electrons. The van der Waals surface area contributed by atoms with Crippen molar-refractivity contribution in [2.45, 2.75) is 56.9 Å². The Morgan fingerprint density at radius 3 is 2.67 bits per heavy atom. The number of aromatic nitrogens is 2. The van der Waals surface area contributed by atoms with Crippen LogP contribution < -0.4 is 5.32 Å². The predicted molar refractivity (Wildman–Crippen MR) is 81.3 cm³/mol. The molecule has 110 valence electrons. The van der Waals surface area contributed by atoms with Gasteiger partial charge in [-0.05, 0) is 24.5 Å². The smallest absolute Gasteiger partial charge is 0.249 e. The molecule has 1 aliphatic heterocycles. The zero-order valence-corrected chi connectivity index (χ0v) is 12.2. The molecule has 1 aromatic carbocycles. The molecule has 1 N–H and O–H groups in total. The second-order valence-corrected chi connectivity index (χ2v) is 6.24. The monoisotopic (exact) mass is 283 g/mol. The fraction of sp³-hybridized carbons (Fsp3) is 0.529. The van der Waals surface area contributed by atoms with Crippen LogP contribution >= 0.6 is 0 Å². The number of nitrogens with one attached hydrogen (secondary N) is 1. The van der Waals surface area contributed by atoms with Crippen molar-refractivity contribution in [2.24, 2.45) is 0 Å². The Labute approximate surface area is 124 Å². The van der Waals surface area contributed by atoms with E-state index in [1.807, 2.05) is 0 Å². The third-order valence-electron chi connectivity index (χ3n) is 4.75. The number of para-hydroxylation sites is 1. The van der Waals surface area contributed by atoms with Gasteiger partial charge in [0, 0.05) is 18.0 Å². The second-order valence-electron chi connectivity index (χ2n) is 6.24. The lowest BCUT2D eigenvalue weighted by Crippen LogP contribution is -2.07. The average Bonchev–Trinajstić information content (AvgIpc) is 3.07. The van der Waals surface area contributed by atoms with Crippen LogP contribution in [0.3, 0.4) is 0 Å². The Bertz CT molecular complexity index is 589. The van der Waals surface area contributed by atoms with Gasteiger partial charge in [-0.2, -0.15) is 4.98 Å². The van der Waals surface area contributed by atoms with Crippen LogP contribution in [-0.2, 0) is 6.42 Å². The number of benzene rings is 1. The quantitative estimate of drug-likeness (QED) is 0.838. The maximum atomic E-state index is 5.55. The van der Waals surface area contributed by atoms with E-state index in [1.165, 1.54) is 49.8 Å². The third kappa shape index (κ3) is 2.55. The van der Waals surface area contributed by atoms with E-state index in [9.17, 15) is 0 Å². The number of fused-ring (bicyclic) bond motifs is 1. The van der Waals surface area contributed by atoms with Crippen molar-refractivity contribution >= 4 is 5.69 Å². The van der Waals surface area contributed by atoms with Crippen LogP contribution in [0.1, 0.15) is 67.8 Å². The molecular formula is C17H21N3O. The van der Waals surface area contributed by atoms with Gasteiger partial charge in [-0.3, -0.25) is 0 Å². The minimum absolute atomic E-state index is 0.134. The van der Waals surface area contributed by atoms with E-state index < -0.39 is 0 Å². The van der Waals surface area contributed by atoms with E-state index in [4.69, 9.17) is 9.51 Å². The Morgan fingerprint density at radius 1 is 1.05 bits per heavy atom. The number of nitrogens with zero attached hydrogens (tertiary/aromatic N) is 2. The van der Waals surface area contributed by atoms with Crippen LogP contribution in [0, 0.1) is 0 Å². The van der Waals surface area contributed by atoms with Crippen LogP contribution in [0.4, 0.5) is 5.69 Å². The number of rotatable bonds is 2. The molecule has 1 fully saturated rings. The highest BCUT2D eigenvalue weighted by molar-refractivity contribution is 5.56. The van der Waals surface area contributed by atoms with Gasteiger partial charge in [0.15, 0.2) is 5.82 Å². The van der Waals surface area contributed by atoms with Crippen LogP contribution in [0.2, 0.25) is 0 Å². The van der Waals surface area contributed by atoms with Crippen molar-refractivity contribution in [1.82, 2.24) is 10.1 Å². The molecule has 0 bridgehead atoms. The first kappa shape index (κ1) is 12.9. The van der Waals surface area contributed by atoms with Crippen LogP contribution in [0.15, 0.2) is 28.8 Å². The molecule has 4 heteroatoms. The molecule has 0 amide bonds. The summed E-state index contributed by atoms with van der Waals surface area (Å²) in [4.78, 5) is 4.70. The minimum Gasteiger partial charge on any atom is -0.373 e. The number of hydrogen-bond donors (Lipinski definition) is 1. The molecule has 1 atom stereocenters. The highest BCUT2D eigenvalue weighted by Gasteiger charge is 2.28. The normalized spacial score (nSPS) is 22.6. The molecule has 4 nitrogen and oxygen atoms in total. The Kier molecular flexibility index (Phi) is 3.37. The molecule has 1 saturated carbocycles. The molecule has 0 spiro atoms. The summed E-state index contributed by atoms with van der Waals surface area (Å²) >= 11 is 0. The van der Waals surface area contributed by atoms with Gasteiger partial charge in [0.05, 0.1) is 0 Å². The van der Waals surface area contributed by atoms with Gasteiger partial charge in [0.2, 0.25) is 5.89 Å². The molecule has 0 saturated heterocycles. The van der Waals surface area contributed by atoms with Gasteiger partial charge >= 0.3 is 0 Å². The van der Waals surface area contributed by atoms with E-state index in [-0.39, 0.29) is 6.04 Å². The second kappa shape index (κ2) is 5.51. The van der Waals surface area contributed by atoms with Crippen LogP contribution in [0.5, 0.6) is 0 Å². The van der Waals surface area contributed by atoms with E-state index in [0.717, 1.165) is 18.1 Å². The summed E-state index contributed by atoms with van der Waals surface area (Å²) in [5, 5.41) is 7.75. The summed E-state index contributed by atoms with van der Waals surface area (Å²) in [5.41, 5.74) is 2.52. The van der Waals surface area contributed by atoms with Crippen molar-refractivity contribution in [3.05, 3.63) is 41.5 Å². The van der Waals surface area contributed by atoms with Gasteiger partial charge in [-0.25, -0.2) is 0 Å². The molecule has 1 unspecified atom stereocenters. The van der Waals surface area contributed by atoms with Crippen molar-refractivity contribution in [1.29, 1.82) is 0 Å². The number of hydrogen-bond acceptors (Lipinski definition) is 4. The maximum absolute atomic E-state index is 5.55. The lowest BCUT2D eigenvalue weighted by atomic mass is 10.00. The first-order chi connectivity index (χ1) is 10.4. The zero-order chi connectivity index (χ0) is 14.1. The van der Waals surface area contributed by atoms with E-state index in [0.29, 0.717) is 5.92 Å². The largest absolute Gasteiger partial charge is 0.373 e. The van der Waals surface area contributed by atoms with Gasteiger partial charge in [0.1, 0.15) is 6.04 Å². The lowest BCUT2D eigenvalue weighted by molar-refractivity contribution is 0.354. The summed E-state index contributed by atoms with van der Waals surface area (Å²) in [5.74, 6) is 2.16. The average molecular weight is 283 g/mol. The highest BCUT2D eigenvalue weighted by Crippen LogP contribution is 2.35. The summed E-state index contributed by atoms with van der Waals surface area (Å²) in [7, 11) is 0. The summed E-state index contributed by atoms with van der Waals surface area (Å²) in [6, 6.07) is 8.53. The fourth-order valence-corrected chi connectivity index (χ4v) is 3.54. The SMILES string of the molecule is c1ccc2c(c1)CC(c1nc(C3CCCCCC3)no1)N2. The molecular weight excluding hydrogens is 262 g/mol. The zero-order valence-electron chi connectivity index (χ0n) is 12.2. The topological polar surface area (TPSA) is 51.0 Å². The van der Waals surface area contributed by atoms with Crippen molar-refractivity contribution in [3.8, 4) is 0 Å². The lowest BCUT2D eigenvalue weighted by Gasteiger charge is -2.08. The maximum Gasteiger partial charge on any atom is 0.249 e. The molecule has 2 aliphatic rings. The van der Waals surface area contributed by atoms with Gasteiger partial charge < -0.3 is 9.84 Å². The standard InChI is InChI=1S/C17H21N3O/c1-2-4-8-12(7-3-1)16-19-17(21-20-16)15-11-13-9-5-6-10-14(13)18-15/h5-6,9-10,12,15,18H,1-4,7-8,11H2. The minimum atomic E-state index is 0.134. The summed E-state index contributed by atoms with van der Waals surface area (Å²) in [6.45, 7) is 0. The van der Waals surface area contributed by atoms with E-state index in [1.54, 1.807) is 0 Å². The Balaban J connectivity index is 1.50. The highest BCUT2D eigenvalue weighted by atomic mass is 16.5. The predicted octanol–water partition coefficient (Wildman–Crippen LogP) is 4.22. The Morgan fingerprint density at radius 2 is 1.86 bits per heavy atom. The van der Waals surface area contributed by atoms with Crippen molar-refractivity contribution < 1.29 is 4.52 Å². The molecule has 2 aromatic rings. The summed E-state index contributed by atoms with van der Waals surface area (Å²) in [6.07, 6.45) is 8.63. The van der Waals surface area contributed by atoms with Gasteiger partial charge in [0.25, 0.3) is 0 Å². The molecule has 1 aliphatic carbocycles. The Hall–Kier alpha value is -1.84. The third-order valence-corrected chi connectivity index (χ3v) is 4.75. The van der Waals surface area contributed by atoms with Gasteiger partial charge in [-0.15, -0.1) is 0 Å². The van der Waals surface area contributed by atoms with Crippen LogP contribution in [-0.4, -0.2) is 10.1 Å². The van der Waals surface area contributed by atoms with Crippen molar-refractivity contribution in [3.63, 3.8) is 0 Å². The van der Waals surface area contributed by atoms with Crippen LogP contribution in [0.25, 0.3) is 0 Å². The first-order valence-corrected chi connectivity index (χ1v) is 8.08. The molecule has 21 heavy (non-hydrogen) atoms. The molecule has 1 aromatic heterocycles. The summed E-state index contributed by atoms with van der Waals surface area (Å²) < 4.78 is 5.55. The fourth-order valence-electron chi connectivity index (χ4n) is 3.54. The van der Waals surface area contributed by atoms with E-state index >= 15 is 0 Å². The van der Waals surface area contributed by atoms with Crippen molar-refractivity contribution in [2.75, 3.05) is 5.32 Å².